The maximum absolute atomic E-state index is 12.6. The highest BCUT2D eigenvalue weighted by Gasteiger charge is 2.18. The Labute approximate surface area is 194 Å². The highest BCUT2D eigenvalue weighted by molar-refractivity contribution is 5.95. The van der Waals surface area contributed by atoms with E-state index in [0.717, 1.165) is 22.6 Å². The van der Waals surface area contributed by atoms with Gasteiger partial charge in [0.05, 0.1) is 30.2 Å². The lowest BCUT2D eigenvalue weighted by molar-refractivity contribution is 0.0378. The van der Waals surface area contributed by atoms with Crippen molar-refractivity contribution in [3.63, 3.8) is 0 Å². The van der Waals surface area contributed by atoms with Crippen LogP contribution in [0.4, 0.5) is 0 Å². The lowest BCUT2D eigenvalue weighted by Gasteiger charge is -2.15. The molecule has 172 valence electrons. The summed E-state index contributed by atoms with van der Waals surface area (Å²) < 4.78 is 12.8. The minimum atomic E-state index is -0.370. The van der Waals surface area contributed by atoms with Crippen molar-refractivity contribution in [2.75, 3.05) is 6.61 Å². The molecular weight excluding hydrogens is 418 g/mol. The fraction of sp³-hybridized carbons (Fsp3) is 0.269. The number of para-hydroxylation sites is 1. The van der Waals surface area contributed by atoms with E-state index < -0.39 is 0 Å². The van der Waals surface area contributed by atoms with Gasteiger partial charge in [-0.2, -0.15) is 5.10 Å². The van der Waals surface area contributed by atoms with Gasteiger partial charge in [-0.05, 0) is 77.1 Å². The molecule has 0 bridgehead atoms. The van der Waals surface area contributed by atoms with E-state index in [1.165, 1.54) is 0 Å². The zero-order chi connectivity index (χ0) is 24.0. The predicted octanol–water partition coefficient (Wildman–Crippen LogP) is 4.82. The van der Waals surface area contributed by atoms with E-state index in [9.17, 15) is 9.59 Å². The topological polar surface area (TPSA) is 81.9 Å². The minimum absolute atomic E-state index is 0.209. The number of aromatic nitrogens is 1. The molecule has 1 aromatic heterocycles. The summed E-state index contributed by atoms with van der Waals surface area (Å²) in [6.45, 7) is 10.0. The molecule has 2 aromatic carbocycles. The third-order valence-electron chi connectivity index (χ3n) is 4.98. The van der Waals surface area contributed by atoms with Gasteiger partial charge in [0.1, 0.15) is 5.75 Å². The van der Waals surface area contributed by atoms with Gasteiger partial charge in [-0.25, -0.2) is 10.2 Å². The number of carbonyl (C=O) groups excluding carboxylic acids is 2. The van der Waals surface area contributed by atoms with Crippen LogP contribution in [0.15, 0.2) is 59.7 Å². The van der Waals surface area contributed by atoms with Gasteiger partial charge in [0.25, 0.3) is 5.91 Å². The van der Waals surface area contributed by atoms with Crippen LogP contribution >= 0.6 is 0 Å². The Kier molecular flexibility index (Phi) is 7.66. The number of ether oxygens (including phenoxy) is 2. The number of esters is 1. The van der Waals surface area contributed by atoms with Crippen molar-refractivity contribution in [2.45, 2.75) is 40.7 Å². The summed E-state index contributed by atoms with van der Waals surface area (Å²) in [4.78, 5) is 25.0. The van der Waals surface area contributed by atoms with Crippen molar-refractivity contribution >= 4 is 18.1 Å². The Balaban J connectivity index is 1.79. The van der Waals surface area contributed by atoms with E-state index in [-0.39, 0.29) is 18.0 Å². The summed E-state index contributed by atoms with van der Waals surface area (Å²) in [7, 11) is 0. The Bertz CT molecular complexity index is 1160. The van der Waals surface area contributed by atoms with Gasteiger partial charge in [0, 0.05) is 22.5 Å². The number of amides is 1. The first-order chi connectivity index (χ1) is 15.8. The van der Waals surface area contributed by atoms with Gasteiger partial charge in [-0.15, -0.1) is 0 Å². The average molecular weight is 448 g/mol. The molecule has 1 heterocycles. The Morgan fingerprint density at radius 3 is 2.45 bits per heavy atom. The van der Waals surface area contributed by atoms with Gasteiger partial charge in [0.15, 0.2) is 0 Å². The zero-order valence-corrected chi connectivity index (χ0v) is 19.6. The summed E-state index contributed by atoms with van der Waals surface area (Å²) in [5.41, 5.74) is 6.89. The number of nitrogens with zero attached hydrogens (tertiary/aromatic N) is 2. The quantitative estimate of drug-likeness (QED) is 0.305. The molecule has 0 aliphatic carbocycles. The fourth-order valence-corrected chi connectivity index (χ4v) is 3.50. The number of hydrazone groups is 1. The molecule has 1 N–H and O–H groups in total. The number of aryl methyl sites for hydroxylation is 1. The molecule has 0 radical (unpaired) electrons. The van der Waals surface area contributed by atoms with Gasteiger partial charge in [-0.3, -0.25) is 4.79 Å². The predicted molar refractivity (Wildman–Crippen MR) is 128 cm³/mol. The Morgan fingerprint density at radius 2 is 1.79 bits per heavy atom. The smallest absolute Gasteiger partial charge is 0.340 e. The number of nitrogens with one attached hydrogen (secondary N) is 1. The summed E-state index contributed by atoms with van der Waals surface area (Å²) in [5.74, 6) is 0.0263. The van der Waals surface area contributed by atoms with Crippen LogP contribution in [-0.4, -0.2) is 35.4 Å². The third kappa shape index (κ3) is 5.68. The molecule has 0 aliphatic heterocycles. The van der Waals surface area contributed by atoms with E-state index >= 15 is 0 Å². The van der Waals surface area contributed by atoms with Crippen LogP contribution in [0.1, 0.15) is 58.4 Å². The Hall–Kier alpha value is -3.87. The SMILES string of the molecule is CCOc1ccc(C(=O)N/N=C\c2cc(C)n(-c3ccccc3C(=O)OC(C)C)c2C)cc1. The van der Waals surface area contributed by atoms with Crippen LogP contribution in [0.25, 0.3) is 5.69 Å². The van der Waals surface area contributed by atoms with Crippen LogP contribution in [0.2, 0.25) is 0 Å². The van der Waals surface area contributed by atoms with Crippen molar-refractivity contribution in [3.8, 4) is 11.4 Å². The summed E-state index contributed by atoms with van der Waals surface area (Å²) in [5, 5.41) is 4.12. The molecule has 0 saturated carbocycles. The maximum atomic E-state index is 12.6. The first-order valence-corrected chi connectivity index (χ1v) is 10.9. The highest BCUT2D eigenvalue weighted by atomic mass is 16.5. The Morgan fingerprint density at radius 1 is 1.09 bits per heavy atom. The summed E-state index contributed by atoms with van der Waals surface area (Å²) >= 11 is 0. The van der Waals surface area contributed by atoms with Crippen molar-refractivity contribution in [2.24, 2.45) is 5.10 Å². The zero-order valence-electron chi connectivity index (χ0n) is 19.6. The molecule has 7 nitrogen and oxygen atoms in total. The van der Waals surface area contributed by atoms with Gasteiger partial charge in [-0.1, -0.05) is 12.1 Å². The van der Waals surface area contributed by atoms with E-state index in [1.54, 1.807) is 36.5 Å². The average Bonchev–Trinajstić information content (AvgIpc) is 3.06. The van der Waals surface area contributed by atoms with E-state index in [4.69, 9.17) is 9.47 Å². The van der Waals surface area contributed by atoms with E-state index in [2.05, 4.69) is 10.5 Å². The molecule has 3 rings (SSSR count). The molecule has 0 spiro atoms. The first-order valence-electron chi connectivity index (χ1n) is 10.9. The van der Waals surface area contributed by atoms with Gasteiger partial charge >= 0.3 is 5.97 Å². The van der Waals surface area contributed by atoms with Gasteiger partial charge < -0.3 is 14.0 Å². The van der Waals surface area contributed by atoms with Crippen LogP contribution in [0.5, 0.6) is 5.75 Å². The highest BCUT2D eigenvalue weighted by Crippen LogP contribution is 2.24. The van der Waals surface area contributed by atoms with Crippen molar-refractivity contribution in [1.82, 2.24) is 9.99 Å². The number of hydrogen-bond donors (Lipinski definition) is 1. The second-order valence-electron chi connectivity index (χ2n) is 7.79. The lowest BCUT2D eigenvalue weighted by atomic mass is 10.1. The second kappa shape index (κ2) is 10.6. The van der Waals surface area contributed by atoms with Crippen molar-refractivity contribution in [1.29, 1.82) is 0 Å². The minimum Gasteiger partial charge on any atom is -0.494 e. The van der Waals surface area contributed by atoms with Crippen molar-refractivity contribution < 1.29 is 19.1 Å². The van der Waals surface area contributed by atoms with Crippen LogP contribution in [0.3, 0.4) is 0 Å². The maximum Gasteiger partial charge on any atom is 0.340 e. The number of hydrogen-bond acceptors (Lipinski definition) is 5. The summed E-state index contributed by atoms with van der Waals surface area (Å²) in [6.07, 6.45) is 1.39. The molecule has 0 unspecified atom stereocenters. The van der Waals surface area contributed by atoms with E-state index in [1.807, 2.05) is 63.5 Å². The number of rotatable bonds is 8. The molecule has 0 fully saturated rings. The standard InChI is InChI=1S/C26H29N3O4/c1-6-32-22-13-11-20(12-14-22)25(30)28-27-16-21-15-18(4)29(19(21)5)24-10-8-7-9-23(24)26(31)33-17(2)3/h7-17H,6H2,1-5H3,(H,28,30)/b27-16-. The van der Waals surface area contributed by atoms with Crippen LogP contribution < -0.4 is 10.2 Å². The number of benzene rings is 2. The molecule has 1 amide bonds. The molecule has 0 saturated heterocycles. The molecular formula is C26H29N3O4. The largest absolute Gasteiger partial charge is 0.494 e. The van der Waals surface area contributed by atoms with Gasteiger partial charge in [0.2, 0.25) is 0 Å². The lowest BCUT2D eigenvalue weighted by Crippen LogP contribution is -2.17. The van der Waals surface area contributed by atoms with E-state index in [0.29, 0.717) is 23.5 Å². The third-order valence-corrected chi connectivity index (χ3v) is 4.98. The molecule has 33 heavy (non-hydrogen) atoms. The molecule has 0 atom stereocenters. The fourth-order valence-electron chi connectivity index (χ4n) is 3.50. The normalized spacial score (nSPS) is 11.1. The second-order valence-corrected chi connectivity index (χ2v) is 7.79. The number of carbonyl (C=O) groups is 2. The molecule has 7 heteroatoms. The summed E-state index contributed by atoms with van der Waals surface area (Å²) in [6, 6.07) is 16.2. The monoisotopic (exact) mass is 447 g/mol. The molecule has 3 aromatic rings. The van der Waals surface area contributed by atoms with Crippen LogP contribution in [0, 0.1) is 13.8 Å². The van der Waals surface area contributed by atoms with Crippen LogP contribution in [-0.2, 0) is 4.74 Å². The van der Waals surface area contributed by atoms with Crippen molar-refractivity contribution in [3.05, 3.63) is 82.7 Å². The molecule has 0 aliphatic rings. The first kappa shape index (κ1) is 23.8.